The molecule has 2 aromatic rings. The van der Waals surface area contributed by atoms with Gasteiger partial charge in [0.25, 0.3) is 0 Å². The number of carbonyl (C=O) groups is 1. The molecule has 128 valence electrons. The van der Waals surface area contributed by atoms with E-state index in [1.807, 2.05) is 30.3 Å². The Morgan fingerprint density at radius 3 is 3.00 bits per heavy atom. The van der Waals surface area contributed by atoms with Crippen LogP contribution >= 0.6 is 0 Å². The van der Waals surface area contributed by atoms with E-state index in [9.17, 15) is 4.79 Å². The first-order valence-corrected chi connectivity index (χ1v) is 8.34. The summed E-state index contributed by atoms with van der Waals surface area (Å²) in [4.78, 5) is 18.7. The quantitative estimate of drug-likeness (QED) is 0.821. The first-order valence-electron chi connectivity index (χ1n) is 8.34. The predicted octanol–water partition coefficient (Wildman–Crippen LogP) is 1.02. The van der Waals surface area contributed by atoms with Crippen LogP contribution in [0.25, 0.3) is 11.4 Å². The van der Waals surface area contributed by atoms with Crippen LogP contribution in [0.5, 0.6) is 0 Å². The second-order valence-electron chi connectivity index (χ2n) is 6.03. The zero-order valence-electron chi connectivity index (χ0n) is 13.6. The van der Waals surface area contributed by atoms with Gasteiger partial charge in [-0.15, -0.1) is 0 Å². The fraction of sp³-hybridized carbons (Fsp3) is 0.471. The maximum absolute atomic E-state index is 12.1. The summed E-state index contributed by atoms with van der Waals surface area (Å²) in [6.07, 6.45) is 1.90. The van der Waals surface area contributed by atoms with Crippen molar-refractivity contribution >= 4 is 5.91 Å². The van der Waals surface area contributed by atoms with Crippen molar-refractivity contribution in [2.45, 2.75) is 19.4 Å². The summed E-state index contributed by atoms with van der Waals surface area (Å²) in [6.45, 7) is 3.20. The first-order chi connectivity index (χ1) is 11.8. The van der Waals surface area contributed by atoms with Gasteiger partial charge in [0.1, 0.15) is 0 Å². The second kappa shape index (κ2) is 8.03. The number of benzene rings is 1. The highest BCUT2D eigenvalue weighted by molar-refractivity contribution is 5.78. The number of nitrogens with zero attached hydrogens (tertiary/aromatic N) is 3. The van der Waals surface area contributed by atoms with Gasteiger partial charge in [0.2, 0.25) is 17.6 Å². The van der Waals surface area contributed by atoms with Gasteiger partial charge < -0.3 is 15.6 Å². The number of amides is 1. The van der Waals surface area contributed by atoms with E-state index in [2.05, 4.69) is 20.4 Å². The van der Waals surface area contributed by atoms with Crippen LogP contribution in [0.1, 0.15) is 18.7 Å². The van der Waals surface area contributed by atoms with E-state index in [0.29, 0.717) is 37.9 Å². The number of rotatable bonds is 6. The lowest BCUT2D eigenvalue weighted by molar-refractivity contribution is -0.126. The van der Waals surface area contributed by atoms with Crippen LogP contribution in [0.2, 0.25) is 0 Å². The SMILES string of the molecule is NCCNC(=O)C1CCCN(Cc2nc(-c3ccccc3)no2)C1. The number of nitrogens with one attached hydrogen (secondary N) is 1. The molecular weight excluding hydrogens is 306 g/mol. The summed E-state index contributed by atoms with van der Waals surface area (Å²) < 4.78 is 5.36. The Morgan fingerprint density at radius 2 is 2.21 bits per heavy atom. The average Bonchev–Trinajstić information content (AvgIpc) is 3.09. The van der Waals surface area contributed by atoms with E-state index < -0.39 is 0 Å². The summed E-state index contributed by atoms with van der Waals surface area (Å²) in [5, 5.41) is 6.91. The Morgan fingerprint density at radius 1 is 1.38 bits per heavy atom. The van der Waals surface area contributed by atoms with Crippen molar-refractivity contribution in [2.24, 2.45) is 11.7 Å². The van der Waals surface area contributed by atoms with E-state index in [0.717, 1.165) is 24.9 Å². The van der Waals surface area contributed by atoms with E-state index in [1.165, 1.54) is 0 Å². The van der Waals surface area contributed by atoms with Crippen molar-refractivity contribution in [3.8, 4) is 11.4 Å². The van der Waals surface area contributed by atoms with E-state index >= 15 is 0 Å². The van der Waals surface area contributed by atoms with Crippen molar-refractivity contribution in [1.29, 1.82) is 0 Å². The van der Waals surface area contributed by atoms with Crippen molar-refractivity contribution in [2.75, 3.05) is 26.2 Å². The molecule has 7 nitrogen and oxygen atoms in total. The number of nitrogens with two attached hydrogens (primary N) is 1. The molecule has 3 rings (SSSR count). The molecule has 1 aliphatic rings. The number of likely N-dealkylation sites (tertiary alicyclic amines) is 1. The third-order valence-corrected chi connectivity index (χ3v) is 4.18. The van der Waals surface area contributed by atoms with Crippen molar-refractivity contribution in [3.05, 3.63) is 36.2 Å². The molecule has 1 aromatic heterocycles. The molecule has 0 spiro atoms. The minimum Gasteiger partial charge on any atom is -0.355 e. The van der Waals surface area contributed by atoms with Crippen LogP contribution in [-0.4, -0.2) is 47.1 Å². The molecule has 3 N–H and O–H groups in total. The second-order valence-corrected chi connectivity index (χ2v) is 6.03. The lowest BCUT2D eigenvalue weighted by Crippen LogP contribution is -2.43. The summed E-state index contributed by atoms with van der Waals surface area (Å²) >= 11 is 0. The Kier molecular flexibility index (Phi) is 5.55. The minimum atomic E-state index is 0.00168. The monoisotopic (exact) mass is 329 g/mol. The normalized spacial score (nSPS) is 18.5. The molecule has 1 saturated heterocycles. The maximum Gasteiger partial charge on any atom is 0.241 e. The fourth-order valence-corrected chi connectivity index (χ4v) is 2.97. The smallest absolute Gasteiger partial charge is 0.241 e. The van der Waals surface area contributed by atoms with Crippen LogP contribution in [0.3, 0.4) is 0 Å². The highest BCUT2D eigenvalue weighted by Crippen LogP contribution is 2.20. The van der Waals surface area contributed by atoms with Crippen LogP contribution < -0.4 is 11.1 Å². The summed E-state index contributed by atoms with van der Waals surface area (Å²) in [5.74, 6) is 1.26. The maximum atomic E-state index is 12.1. The molecule has 0 aliphatic carbocycles. The van der Waals surface area contributed by atoms with Gasteiger partial charge in [-0.25, -0.2) is 0 Å². The van der Waals surface area contributed by atoms with Crippen LogP contribution in [0, 0.1) is 5.92 Å². The van der Waals surface area contributed by atoms with Gasteiger partial charge in [-0.1, -0.05) is 35.5 Å². The molecule has 1 aliphatic heterocycles. The van der Waals surface area contributed by atoms with E-state index in [4.69, 9.17) is 10.3 Å². The molecule has 0 saturated carbocycles. The van der Waals surface area contributed by atoms with Crippen molar-refractivity contribution in [1.82, 2.24) is 20.4 Å². The lowest BCUT2D eigenvalue weighted by Gasteiger charge is -2.30. The van der Waals surface area contributed by atoms with Crippen LogP contribution in [0.4, 0.5) is 0 Å². The van der Waals surface area contributed by atoms with Crippen LogP contribution in [0.15, 0.2) is 34.9 Å². The van der Waals surface area contributed by atoms with Gasteiger partial charge in [0.05, 0.1) is 12.5 Å². The highest BCUT2D eigenvalue weighted by atomic mass is 16.5. The van der Waals surface area contributed by atoms with Crippen LogP contribution in [-0.2, 0) is 11.3 Å². The van der Waals surface area contributed by atoms with Gasteiger partial charge in [-0.3, -0.25) is 9.69 Å². The van der Waals surface area contributed by atoms with E-state index in [-0.39, 0.29) is 11.8 Å². The number of hydrogen-bond acceptors (Lipinski definition) is 6. The Labute approximate surface area is 141 Å². The summed E-state index contributed by atoms with van der Waals surface area (Å²) in [6, 6.07) is 9.75. The lowest BCUT2D eigenvalue weighted by atomic mass is 9.97. The summed E-state index contributed by atoms with van der Waals surface area (Å²) in [7, 11) is 0. The standard InChI is InChI=1S/C17H23N5O2/c18-8-9-19-17(23)14-7-4-10-22(11-14)12-15-20-16(21-24-15)13-5-2-1-3-6-13/h1-3,5-6,14H,4,7-12,18H2,(H,19,23). The third-order valence-electron chi connectivity index (χ3n) is 4.18. The van der Waals surface area contributed by atoms with E-state index in [1.54, 1.807) is 0 Å². The minimum absolute atomic E-state index is 0.00168. The predicted molar refractivity (Wildman–Crippen MR) is 89.8 cm³/mol. The van der Waals surface area contributed by atoms with Gasteiger partial charge in [-0.05, 0) is 19.4 Å². The van der Waals surface area contributed by atoms with Gasteiger partial charge in [0, 0.05) is 25.2 Å². The van der Waals surface area contributed by atoms with Crippen molar-refractivity contribution in [3.63, 3.8) is 0 Å². The molecule has 2 heterocycles. The fourth-order valence-electron chi connectivity index (χ4n) is 2.97. The molecule has 0 radical (unpaired) electrons. The molecule has 1 fully saturated rings. The van der Waals surface area contributed by atoms with Gasteiger partial charge in [-0.2, -0.15) is 4.98 Å². The Hall–Kier alpha value is -2.25. The molecule has 24 heavy (non-hydrogen) atoms. The van der Waals surface area contributed by atoms with Gasteiger partial charge >= 0.3 is 0 Å². The number of aromatic nitrogens is 2. The molecule has 0 bridgehead atoms. The molecule has 1 atom stereocenters. The average molecular weight is 329 g/mol. The molecular formula is C17H23N5O2. The summed E-state index contributed by atoms with van der Waals surface area (Å²) in [5.41, 5.74) is 6.37. The zero-order chi connectivity index (χ0) is 16.8. The first kappa shape index (κ1) is 16.6. The third kappa shape index (κ3) is 4.18. The highest BCUT2D eigenvalue weighted by Gasteiger charge is 2.26. The van der Waals surface area contributed by atoms with Gasteiger partial charge in [0.15, 0.2) is 0 Å². The largest absolute Gasteiger partial charge is 0.355 e. The number of carbonyl (C=O) groups excluding carboxylic acids is 1. The number of hydrogen-bond donors (Lipinski definition) is 2. The molecule has 7 heteroatoms. The molecule has 1 amide bonds. The van der Waals surface area contributed by atoms with Crippen molar-refractivity contribution < 1.29 is 9.32 Å². The topological polar surface area (TPSA) is 97.3 Å². The molecule has 1 unspecified atom stereocenters. The Bertz CT molecular complexity index is 658. The zero-order valence-corrected chi connectivity index (χ0v) is 13.6. The Balaban J connectivity index is 1.58. The number of piperidine rings is 1. The molecule has 1 aromatic carbocycles.